The molecule has 1 saturated heterocycles. The van der Waals surface area contributed by atoms with Crippen LogP contribution in [-0.4, -0.2) is 48.1 Å². The van der Waals surface area contributed by atoms with Crippen molar-refractivity contribution in [2.45, 2.75) is 47.1 Å². The molecular weight excluding hydrogens is 380 g/mol. The minimum Gasteiger partial charge on any atom is -0.497 e. The van der Waals surface area contributed by atoms with Gasteiger partial charge >= 0.3 is 5.97 Å². The van der Waals surface area contributed by atoms with Gasteiger partial charge in [0.05, 0.1) is 19.6 Å². The zero-order valence-corrected chi connectivity index (χ0v) is 18.7. The zero-order chi connectivity index (χ0) is 21.8. The van der Waals surface area contributed by atoms with Gasteiger partial charge in [-0.2, -0.15) is 0 Å². The van der Waals surface area contributed by atoms with Crippen LogP contribution in [0.4, 0.5) is 0 Å². The predicted octanol–water partition coefficient (Wildman–Crippen LogP) is 3.89. The van der Waals surface area contributed by atoms with Crippen LogP contribution in [0.25, 0.3) is 0 Å². The van der Waals surface area contributed by atoms with Gasteiger partial charge in [-0.15, -0.1) is 0 Å². The average Bonchev–Trinajstić information content (AvgIpc) is 2.97. The molecule has 0 radical (unpaired) electrons. The zero-order valence-electron chi connectivity index (χ0n) is 18.7. The number of hydrogen-bond acceptors (Lipinski definition) is 4. The Balaban J connectivity index is 1.90. The molecule has 1 aromatic heterocycles. The molecule has 2 heterocycles. The lowest BCUT2D eigenvalue weighted by Crippen LogP contribution is -2.43. The molecule has 3 rings (SSSR count). The molecule has 1 amide bonds. The van der Waals surface area contributed by atoms with Gasteiger partial charge in [-0.05, 0) is 69.4 Å². The molecular formula is C24H32N2O4. The maximum atomic E-state index is 13.6. The van der Waals surface area contributed by atoms with Crippen LogP contribution in [0.1, 0.15) is 52.6 Å². The fourth-order valence-electron chi connectivity index (χ4n) is 4.21. The van der Waals surface area contributed by atoms with Crippen LogP contribution in [0, 0.1) is 26.7 Å². The van der Waals surface area contributed by atoms with E-state index >= 15 is 0 Å². The number of methoxy groups -OCH3 is 1. The van der Waals surface area contributed by atoms with Crippen LogP contribution in [0.3, 0.4) is 0 Å². The lowest BCUT2D eigenvalue weighted by atomic mass is 9.97. The van der Waals surface area contributed by atoms with Gasteiger partial charge < -0.3 is 18.9 Å². The van der Waals surface area contributed by atoms with E-state index in [9.17, 15) is 9.59 Å². The molecule has 1 atom stereocenters. The molecule has 1 aliphatic heterocycles. The monoisotopic (exact) mass is 412 g/mol. The van der Waals surface area contributed by atoms with Crippen LogP contribution >= 0.6 is 0 Å². The third-order valence-electron chi connectivity index (χ3n) is 6.14. The van der Waals surface area contributed by atoms with Crippen LogP contribution in [0.2, 0.25) is 0 Å². The molecule has 0 spiro atoms. The molecule has 0 bridgehead atoms. The van der Waals surface area contributed by atoms with Gasteiger partial charge in [0, 0.05) is 25.3 Å². The van der Waals surface area contributed by atoms with Crippen molar-refractivity contribution in [1.29, 1.82) is 0 Å². The van der Waals surface area contributed by atoms with Crippen LogP contribution in [0.5, 0.6) is 5.75 Å². The summed E-state index contributed by atoms with van der Waals surface area (Å²) in [4.78, 5) is 27.6. The van der Waals surface area contributed by atoms with E-state index in [1.807, 2.05) is 43.0 Å². The summed E-state index contributed by atoms with van der Waals surface area (Å²) in [5, 5.41) is 0. The smallest absolute Gasteiger partial charge is 0.310 e. The fourth-order valence-corrected chi connectivity index (χ4v) is 4.21. The summed E-state index contributed by atoms with van der Waals surface area (Å²) < 4.78 is 12.6. The topological polar surface area (TPSA) is 60.8 Å². The number of amides is 1. The number of carbonyl (C=O) groups is 2. The van der Waals surface area contributed by atoms with Crippen molar-refractivity contribution >= 4 is 11.9 Å². The van der Waals surface area contributed by atoms with Gasteiger partial charge in [0.15, 0.2) is 0 Å². The summed E-state index contributed by atoms with van der Waals surface area (Å²) in [6.45, 7) is 9.96. The van der Waals surface area contributed by atoms with Crippen molar-refractivity contribution < 1.29 is 19.1 Å². The highest BCUT2D eigenvalue weighted by molar-refractivity contribution is 5.95. The molecule has 6 heteroatoms. The Kier molecular flexibility index (Phi) is 6.85. The molecule has 30 heavy (non-hydrogen) atoms. The Bertz CT molecular complexity index is 932. The first-order valence-corrected chi connectivity index (χ1v) is 10.6. The molecule has 0 saturated carbocycles. The Morgan fingerprint density at radius 2 is 1.93 bits per heavy atom. The van der Waals surface area contributed by atoms with E-state index < -0.39 is 0 Å². The fraction of sp³-hybridized carbons (Fsp3) is 0.500. The van der Waals surface area contributed by atoms with E-state index in [2.05, 4.69) is 18.4 Å². The summed E-state index contributed by atoms with van der Waals surface area (Å²) >= 11 is 0. The van der Waals surface area contributed by atoms with Gasteiger partial charge in [-0.25, -0.2) is 0 Å². The van der Waals surface area contributed by atoms with Gasteiger partial charge in [0.25, 0.3) is 5.91 Å². The second-order valence-electron chi connectivity index (χ2n) is 7.96. The number of nitrogens with zero attached hydrogens (tertiary/aromatic N) is 2. The predicted molar refractivity (Wildman–Crippen MR) is 116 cm³/mol. The number of piperidine rings is 1. The Labute approximate surface area is 178 Å². The molecule has 6 nitrogen and oxygen atoms in total. The second kappa shape index (κ2) is 9.37. The minimum absolute atomic E-state index is 0.0133. The summed E-state index contributed by atoms with van der Waals surface area (Å²) in [7, 11) is 1.65. The van der Waals surface area contributed by atoms with Crippen molar-refractivity contribution in [3.05, 3.63) is 52.3 Å². The highest BCUT2D eigenvalue weighted by Crippen LogP contribution is 2.27. The number of ether oxygens (including phenoxy) is 2. The van der Waals surface area contributed by atoms with Crippen LogP contribution in [-0.2, 0) is 16.1 Å². The van der Waals surface area contributed by atoms with Crippen molar-refractivity contribution in [3.8, 4) is 5.75 Å². The van der Waals surface area contributed by atoms with Gasteiger partial charge in [0.2, 0.25) is 0 Å². The van der Waals surface area contributed by atoms with Gasteiger partial charge in [-0.1, -0.05) is 12.1 Å². The molecule has 1 unspecified atom stereocenters. The third kappa shape index (κ3) is 4.37. The van der Waals surface area contributed by atoms with Crippen LogP contribution in [0.15, 0.2) is 24.3 Å². The van der Waals surface area contributed by atoms with E-state index in [1.54, 1.807) is 7.11 Å². The van der Waals surface area contributed by atoms with Crippen molar-refractivity contribution in [3.63, 3.8) is 0 Å². The van der Waals surface area contributed by atoms with Gasteiger partial charge in [0.1, 0.15) is 11.4 Å². The second-order valence-corrected chi connectivity index (χ2v) is 7.96. The Morgan fingerprint density at radius 1 is 1.17 bits per heavy atom. The molecule has 1 fully saturated rings. The first-order valence-electron chi connectivity index (χ1n) is 10.6. The van der Waals surface area contributed by atoms with Gasteiger partial charge in [-0.3, -0.25) is 9.59 Å². The van der Waals surface area contributed by atoms with E-state index in [4.69, 9.17) is 9.47 Å². The highest BCUT2D eigenvalue weighted by atomic mass is 16.5. The number of hydrogen-bond donors (Lipinski definition) is 0. The normalized spacial score (nSPS) is 16.4. The number of likely N-dealkylation sites (tertiary alicyclic amines) is 1. The Hall–Kier alpha value is -2.76. The lowest BCUT2D eigenvalue weighted by molar-refractivity contribution is -0.149. The summed E-state index contributed by atoms with van der Waals surface area (Å²) in [6.07, 6.45) is 1.58. The van der Waals surface area contributed by atoms with E-state index in [0.717, 1.165) is 41.0 Å². The molecule has 1 aromatic carbocycles. The highest BCUT2D eigenvalue weighted by Gasteiger charge is 2.32. The maximum Gasteiger partial charge on any atom is 0.310 e. The molecule has 162 valence electrons. The molecule has 0 N–H and O–H groups in total. The van der Waals surface area contributed by atoms with Crippen molar-refractivity contribution in [1.82, 2.24) is 9.47 Å². The number of aromatic nitrogens is 1. The van der Waals surface area contributed by atoms with E-state index in [1.165, 1.54) is 0 Å². The SMILES string of the molecule is CCOC(=O)C1CCCN(C(=O)c2c(C)c(C)c(C)n2Cc2cccc(OC)c2)C1. The average molecular weight is 413 g/mol. The summed E-state index contributed by atoms with van der Waals surface area (Å²) in [5.74, 6) is 0.338. The first-order chi connectivity index (χ1) is 14.4. The standard InChI is InChI=1S/C24H32N2O4/c1-6-30-24(28)20-10-8-12-25(15-20)23(27)22-17(3)16(2)18(4)26(22)14-19-9-7-11-21(13-19)29-5/h7,9,11,13,20H,6,8,10,12,14-15H2,1-5H3. The first kappa shape index (κ1) is 21.9. The molecule has 1 aliphatic rings. The number of carbonyl (C=O) groups excluding carboxylic acids is 2. The third-order valence-corrected chi connectivity index (χ3v) is 6.14. The Morgan fingerprint density at radius 3 is 2.63 bits per heavy atom. The minimum atomic E-state index is -0.244. The van der Waals surface area contributed by atoms with Crippen molar-refractivity contribution in [2.75, 3.05) is 26.8 Å². The molecule has 0 aliphatic carbocycles. The number of rotatable bonds is 6. The quantitative estimate of drug-likeness (QED) is 0.676. The summed E-state index contributed by atoms with van der Waals surface area (Å²) in [6, 6.07) is 7.91. The van der Waals surface area contributed by atoms with Crippen LogP contribution < -0.4 is 4.74 Å². The molecule has 2 aromatic rings. The van der Waals surface area contributed by atoms with Crippen molar-refractivity contribution in [2.24, 2.45) is 5.92 Å². The largest absolute Gasteiger partial charge is 0.497 e. The maximum absolute atomic E-state index is 13.6. The summed E-state index contributed by atoms with van der Waals surface area (Å²) in [5.41, 5.74) is 4.98. The lowest BCUT2D eigenvalue weighted by Gasteiger charge is -2.32. The number of benzene rings is 1. The van der Waals surface area contributed by atoms with E-state index in [0.29, 0.717) is 31.9 Å². The number of esters is 1. The van der Waals surface area contributed by atoms with E-state index in [-0.39, 0.29) is 17.8 Å².